The van der Waals surface area contributed by atoms with Gasteiger partial charge in [-0.25, -0.2) is 0 Å². The molecule has 0 radical (unpaired) electrons. The number of rotatable bonds is 3. The van der Waals surface area contributed by atoms with Crippen LogP contribution in [0.4, 0.5) is 0 Å². The predicted octanol–water partition coefficient (Wildman–Crippen LogP) is 1.52. The smallest absolute Gasteiger partial charge is 0.224 e. The first-order chi connectivity index (χ1) is 10.2. The number of hydrogen-bond acceptors (Lipinski definition) is 4. The second-order valence-corrected chi connectivity index (χ2v) is 5.80. The largest absolute Gasteiger partial charge is 0.486 e. The Morgan fingerprint density at radius 2 is 2.24 bits per heavy atom. The molecule has 6 heteroatoms. The van der Waals surface area contributed by atoms with Crippen LogP contribution in [0, 0.1) is 0 Å². The molecule has 21 heavy (non-hydrogen) atoms. The van der Waals surface area contributed by atoms with E-state index in [9.17, 15) is 4.79 Å². The molecule has 0 unspecified atom stereocenters. The number of piperidine rings is 1. The maximum Gasteiger partial charge on any atom is 0.224 e. The van der Waals surface area contributed by atoms with Crippen LogP contribution in [-0.4, -0.2) is 38.3 Å². The number of carbonyl (C=O) groups is 1. The molecule has 0 aromatic heterocycles. The zero-order chi connectivity index (χ0) is 14.7. The molecule has 2 heterocycles. The first-order valence-electron chi connectivity index (χ1n) is 7.30. The van der Waals surface area contributed by atoms with Crippen LogP contribution < -0.4 is 20.1 Å². The highest BCUT2D eigenvalue weighted by Gasteiger charge is 2.19. The molecule has 114 valence electrons. The minimum Gasteiger partial charge on any atom is -0.486 e. The van der Waals surface area contributed by atoms with Gasteiger partial charge in [-0.3, -0.25) is 4.79 Å². The molecule has 1 fully saturated rings. The summed E-state index contributed by atoms with van der Waals surface area (Å²) in [6, 6.07) is 3.83. The molecule has 2 aliphatic heterocycles. The third-order valence-corrected chi connectivity index (χ3v) is 3.96. The lowest BCUT2D eigenvalue weighted by molar-refractivity contribution is -0.121. The second-order valence-electron chi connectivity index (χ2n) is 5.39. The lowest BCUT2D eigenvalue weighted by Crippen LogP contribution is -2.46. The van der Waals surface area contributed by atoms with Gasteiger partial charge >= 0.3 is 0 Å². The van der Waals surface area contributed by atoms with Crippen molar-refractivity contribution in [2.45, 2.75) is 25.3 Å². The van der Waals surface area contributed by atoms with E-state index in [4.69, 9.17) is 21.1 Å². The molecule has 1 saturated heterocycles. The summed E-state index contributed by atoms with van der Waals surface area (Å²) >= 11 is 6.18. The van der Waals surface area contributed by atoms with Gasteiger partial charge in [0.2, 0.25) is 5.91 Å². The second kappa shape index (κ2) is 6.54. The summed E-state index contributed by atoms with van der Waals surface area (Å²) in [5, 5.41) is 6.83. The van der Waals surface area contributed by atoms with Gasteiger partial charge in [0.05, 0.1) is 11.4 Å². The fourth-order valence-corrected chi connectivity index (χ4v) is 2.99. The quantitative estimate of drug-likeness (QED) is 0.889. The van der Waals surface area contributed by atoms with Gasteiger partial charge in [-0.15, -0.1) is 0 Å². The third kappa shape index (κ3) is 3.60. The molecule has 0 spiro atoms. The van der Waals surface area contributed by atoms with E-state index in [0.29, 0.717) is 36.2 Å². The van der Waals surface area contributed by atoms with Gasteiger partial charge in [0.15, 0.2) is 11.5 Å². The van der Waals surface area contributed by atoms with Gasteiger partial charge in [-0.2, -0.15) is 0 Å². The highest BCUT2D eigenvalue weighted by atomic mass is 35.5. The van der Waals surface area contributed by atoms with Gasteiger partial charge in [0.1, 0.15) is 13.2 Å². The number of ether oxygens (including phenoxy) is 2. The summed E-state index contributed by atoms with van der Waals surface area (Å²) in [4.78, 5) is 12.1. The van der Waals surface area contributed by atoms with Crippen molar-refractivity contribution in [2.75, 3.05) is 26.3 Å². The van der Waals surface area contributed by atoms with E-state index >= 15 is 0 Å². The normalized spacial score (nSPS) is 20.9. The number of benzene rings is 1. The standard InChI is InChI=1S/C15H19ClN2O3/c16-12-6-10(7-13-15(12)21-5-4-20-13)8-14(19)18-11-2-1-3-17-9-11/h6-7,11,17H,1-5,8-9H2,(H,18,19)/t11-/m0/s1. The van der Waals surface area contributed by atoms with Crippen molar-refractivity contribution >= 4 is 17.5 Å². The zero-order valence-electron chi connectivity index (χ0n) is 11.8. The van der Waals surface area contributed by atoms with E-state index < -0.39 is 0 Å². The third-order valence-electron chi connectivity index (χ3n) is 3.68. The highest BCUT2D eigenvalue weighted by molar-refractivity contribution is 6.32. The predicted molar refractivity (Wildman–Crippen MR) is 80.2 cm³/mol. The lowest BCUT2D eigenvalue weighted by atomic mass is 10.1. The summed E-state index contributed by atoms with van der Waals surface area (Å²) in [7, 11) is 0. The Balaban J connectivity index is 1.64. The number of carbonyl (C=O) groups excluding carboxylic acids is 1. The first-order valence-corrected chi connectivity index (χ1v) is 7.68. The van der Waals surface area contributed by atoms with Crippen LogP contribution in [0.2, 0.25) is 5.02 Å². The first kappa shape index (κ1) is 14.5. The summed E-state index contributed by atoms with van der Waals surface area (Å²) in [5.41, 5.74) is 0.838. The zero-order valence-corrected chi connectivity index (χ0v) is 12.5. The molecule has 0 saturated carbocycles. The van der Waals surface area contributed by atoms with Crippen LogP contribution in [0.15, 0.2) is 12.1 Å². The van der Waals surface area contributed by atoms with Gasteiger partial charge in [0, 0.05) is 12.6 Å². The van der Waals surface area contributed by atoms with Crippen LogP contribution in [0.5, 0.6) is 11.5 Å². The van der Waals surface area contributed by atoms with E-state index in [2.05, 4.69) is 10.6 Å². The minimum absolute atomic E-state index is 0.0106. The van der Waals surface area contributed by atoms with E-state index in [-0.39, 0.29) is 11.9 Å². The van der Waals surface area contributed by atoms with Gasteiger partial charge in [0.25, 0.3) is 0 Å². The van der Waals surface area contributed by atoms with Crippen LogP contribution in [-0.2, 0) is 11.2 Å². The molecule has 5 nitrogen and oxygen atoms in total. The average molecular weight is 311 g/mol. The molecule has 2 N–H and O–H groups in total. The number of hydrogen-bond donors (Lipinski definition) is 2. The maximum atomic E-state index is 12.1. The monoisotopic (exact) mass is 310 g/mol. The van der Waals surface area contributed by atoms with Crippen molar-refractivity contribution in [2.24, 2.45) is 0 Å². The van der Waals surface area contributed by atoms with Crippen molar-refractivity contribution in [3.05, 3.63) is 22.7 Å². The molecule has 1 atom stereocenters. The number of fused-ring (bicyclic) bond motifs is 1. The Hall–Kier alpha value is -1.46. The Morgan fingerprint density at radius 1 is 1.38 bits per heavy atom. The summed E-state index contributed by atoms with van der Waals surface area (Å²) in [6.07, 6.45) is 2.42. The molecule has 1 amide bonds. The van der Waals surface area contributed by atoms with Crippen molar-refractivity contribution < 1.29 is 14.3 Å². The molecule has 1 aromatic rings. The molecule has 2 aliphatic rings. The van der Waals surface area contributed by atoms with Gasteiger partial charge in [-0.05, 0) is 37.1 Å². The minimum atomic E-state index is 0.0106. The Bertz CT molecular complexity index is 530. The summed E-state index contributed by atoms with van der Waals surface area (Å²) in [6.45, 7) is 2.88. The van der Waals surface area contributed by atoms with E-state index in [0.717, 1.165) is 31.5 Å². The van der Waals surface area contributed by atoms with Crippen LogP contribution in [0.3, 0.4) is 0 Å². The fourth-order valence-electron chi connectivity index (χ4n) is 2.71. The molecule has 3 rings (SSSR count). The average Bonchev–Trinajstić information content (AvgIpc) is 2.48. The van der Waals surface area contributed by atoms with Crippen molar-refractivity contribution in [3.8, 4) is 11.5 Å². The topological polar surface area (TPSA) is 59.6 Å². The summed E-state index contributed by atoms with van der Waals surface area (Å²) < 4.78 is 11.0. The van der Waals surface area contributed by atoms with Crippen LogP contribution in [0.1, 0.15) is 18.4 Å². The molecule has 1 aromatic carbocycles. The van der Waals surface area contributed by atoms with Crippen molar-refractivity contribution in [1.29, 1.82) is 0 Å². The molecular weight excluding hydrogens is 292 g/mol. The van der Waals surface area contributed by atoms with Crippen molar-refractivity contribution in [3.63, 3.8) is 0 Å². The number of nitrogens with one attached hydrogen (secondary N) is 2. The Kier molecular flexibility index (Phi) is 4.51. The van der Waals surface area contributed by atoms with E-state index in [1.807, 2.05) is 6.07 Å². The Labute approximate surface area is 128 Å². The molecule has 0 bridgehead atoms. The maximum absolute atomic E-state index is 12.1. The fraction of sp³-hybridized carbons (Fsp3) is 0.533. The SMILES string of the molecule is O=C(Cc1cc(Cl)c2c(c1)OCCO2)N[C@H]1CCCNC1. The molecular formula is C15H19ClN2O3. The highest BCUT2D eigenvalue weighted by Crippen LogP contribution is 2.38. The van der Waals surface area contributed by atoms with Gasteiger partial charge in [-0.1, -0.05) is 11.6 Å². The molecule has 0 aliphatic carbocycles. The van der Waals surface area contributed by atoms with Gasteiger partial charge < -0.3 is 20.1 Å². The number of halogens is 1. The van der Waals surface area contributed by atoms with E-state index in [1.165, 1.54) is 0 Å². The summed E-state index contributed by atoms with van der Waals surface area (Å²) in [5.74, 6) is 1.20. The van der Waals surface area contributed by atoms with Crippen LogP contribution in [0.25, 0.3) is 0 Å². The number of amides is 1. The van der Waals surface area contributed by atoms with Crippen LogP contribution >= 0.6 is 11.6 Å². The lowest BCUT2D eigenvalue weighted by Gasteiger charge is -2.24. The van der Waals surface area contributed by atoms with Crippen molar-refractivity contribution in [1.82, 2.24) is 10.6 Å². The Morgan fingerprint density at radius 3 is 3.05 bits per heavy atom. The van der Waals surface area contributed by atoms with E-state index in [1.54, 1.807) is 6.07 Å².